The number of nitrogens with zero attached hydrogens (tertiary/aromatic N) is 1. The van der Waals surface area contributed by atoms with E-state index in [-0.39, 0.29) is 0 Å². The predicted molar refractivity (Wildman–Crippen MR) is 54.7 cm³/mol. The van der Waals surface area contributed by atoms with Crippen molar-refractivity contribution in [3.8, 4) is 0 Å². The van der Waals surface area contributed by atoms with Crippen LogP contribution in [0.1, 0.15) is 18.5 Å². The lowest BCUT2D eigenvalue weighted by Crippen LogP contribution is -2.03. The van der Waals surface area contributed by atoms with E-state index in [1.54, 1.807) is 0 Å². The lowest BCUT2D eigenvalue weighted by molar-refractivity contribution is 0.643. The van der Waals surface area contributed by atoms with E-state index in [9.17, 15) is 0 Å². The first kappa shape index (κ1) is 8.11. The standard InChI is InChI=1S/C12H13N/c1-11(13-9-5-6-10-13)12-7-3-2-4-8-12/h2-11H,1H3/t11-/m0/s1. The molecular weight excluding hydrogens is 158 g/mol. The molecule has 0 aliphatic rings. The largest absolute Gasteiger partial charge is 0.347 e. The Morgan fingerprint density at radius 1 is 0.923 bits per heavy atom. The fourth-order valence-electron chi connectivity index (χ4n) is 1.51. The van der Waals surface area contributed by atoms with Gasteiger partial charge in [-0.05, 0) is 24.6 Å². The first-order valence-corrected chi connectivity index (χ1v) is 4.55. The Morgan fingerprint density at radius 2 is 1.54 bits per heavy atom. The molecule has 2 aromatic rings. The first-order chi connectivity index (χ1) is 6.38. The number of aromatic nitrogens is 1. The molecule has 0 spiro atoms. The van der Waals surface area contributed by atoms with Crippen LogP contribution in [0.3, 0.4) is 0 Å². The topological polar surface area (TPSA) is 4.93 Å². The average molecular weight is 171 g/mol. The van der Waals surface area contributed by atoms with Gasteiger partial charge in [0.05, 0.1) is 6.04 Å². The Labute approximate surface area is 78.6 Å². The maximum Gasteiger partial charge on any atom is 0.0551 e. The second-order valence-corrected chi connectivity index (χ2v) is 3.22. The van der Waals surface area contributed by atoms with E-state index < -0.39 is 0 Å². The minimum absolute atomic E-state index is 0.427. The van der Waals surface area contributed by atoms with Gasteiger partial charge in [0.1, 0.15) is 0 Å². The van der Waals surface area contributed by atoms with Crippen LogP contribution in [0.4, 0.5) is 0 Å². The highest BCUT2D eigenvalue weighted by atomic mass is 15.0. The minimum atomic E-state index is 0.427. The van der Waals surface area contributed by atoms with Gasteiger partial charge in [-0.2, -0.15) is 0 Å². The Balaban J connectivity index is 2.29. The monoisotopic (exact) mass is 171 g/mol. The average Bonchev–Trinajstić information content (AvgIpc) is 2.71. The zero-order valence-corrected chi connectivity index (χ0v) is 7.72. The van der Waals surface area contributed by atoms with E-state index >= 15 is 0 Å². The van der Waals surface area contributed by atoms with Crippen LogP contribution in [0.5, 0.6) is 0 Å². The molecule has 0 amide bonds. The highest BCUT2D eigenvalue weighted by Crippen LogP contribution is 2.16. The number of hydrogen-bond acceptors (Lipinski definition) is 0. The molecule has 0 aliphatic heterocycles. The molecule has 2 rings (SSSR count). The van der Waals surface area contributed by atoms with E-state index in [1.165, 1.54) is 5.56 Å². The van der Waals surface area contributed by atoms with Crippen molar-refractivity contribution < 1.29 is 0 Å². The third-order valence-electron chi connectivity index (χ3n) is 2.36. The van der Waals surface area contributed by atoms with Crippen LogP contribution in [-0.4, -0.2) is 4.57 Å². The van der Waals surface area contributed by atoms with Gasteiger partial charge in [0.2, 0.25) is 0 Å². The van der Waals surface area contributed by atoms with Crippen molar-refractivity contribution >= 4 is 0 Å². The van der Waals surface area contributed by atoms with Crippen LogP contribution in [-0.2, 0) is 0 Å². The van der Waals surface area contributed by atoms with Crippen molar-refractivity contribution in [2.24, 2.45) is 0 Å². The molecular formula is C12H13N. The summed E-state index contributed by atoms with van der Waals surface area (Å²) in [6, 6.07) is 15.1. The normalized spacial score (nSPS) is 12.7. The lowest BCUT2D eigenvalue weighted by Gasteiger charge is -2.13. The molecule has 13 heavy (non-hydrogen) atoms. The summed E-state index contributed by atoms with van der Waals surface area (Å²) in [7, 11) is 0. The van der Waals surface area contributed by atoms with Gasteiger partial charge >= 0.3 is 0 Å². The number of benzene rings is 1. The molecule has 1 aromatic carbocycles. The van der Waals surface area contributed by atoms with E-state index in [0.29, 0.717) is 6.04 Å². The van der Waals surface area contributed by atoms with Crippen LogP contribution in [0.15, 0.2) is 54.9 Å². The molecule has 0 radical (unpaired) electrons. The van der Waals surface area contributed by atoms with Crippen LogP contribution in [0.2, 0.25) is 0 Å². The fraction of sp³-hybridized carbons (Fsp3) is 0.167. The van der Waals surface area contributed by atoms with Gasteiger partial charge < -0.3 is 4.57 Å². The van der Waals surface area contributed by atoms with Gasteiger partial charge in [-0.25, -0.2) is 0 Å². The third kappa shape index (κ3) is 1.64. The molecule has 1 atom stereocenters. The Kier molecular flexibility index (Phi) is 2.17. The molecule has 1 heterocycles. The van der Waals surface area contributed by atoms with Crippen molar-refractivity contribution in [3.63, 3.8) is 0 Å². The molecule has 0 unspecified atom stereocenters. The zero-order valence-electron chi connectivity index (χ0n) is 7.72. The summed E-state index contributed by atoms with van der Waals surface area (Å²) in [6.07, 6.45) is 4.19. The SMILES string of the molecule is C[C@@H](c1ccccc1)n1cccc1. The van der Waals surface area contributed by atoms with Crippen molar-refractivity contribution in [1.82, 2.24) is 4.57 Å². The van der Waals surface area contributed by atoms with Gasteiger partial charge in [0, 0.05) is 12.4 Å². The highest BCUT2D eigenvalue weighted by Gasteiger charge is 2.03. The molecule has 1 nitrogen and oxygen atoms in total. The molecule has 0 N–H and O–H groups in total. The van der Waals surface area contributed by atoms with Crippen LogP contribution in [0.25, 0.3) is 0 Å². The molecule has 0 aliphatic carbocycles. The Morgan fingerprint density at radius 3 is 2.15 bits per heavy atom. The lowest BCUT2D eigenvalue weighted by atomic mass is 10.1. The molecule has 1 aromatic heterocycles. The molecule has 0 bridgehead atoms. The summed E-state index contributed by atoms with van der Waals surface area (Å²) in [5.41, 5.74) is 1.35. The predicted octanol–water partition coefficient (Wildman–Crippen LogP) is 3.10. The number of rotatable bonds is 2. The van der Waals surface area contributed by atoms with Crippen molar-refractivity contribution in [3.05, 3.63) is 60.4 Å². The molecule has 1 heteroatoms. The molecule has 0 saturated heterocycles. The third-order valence-corrected chi connectivity index (χ3v) is 2.36. The summed E-state index contributed by atoms with van der Waals surface area (Å²) < 4.78 is 2.20. The fourth-order valence-corrected chi connectivity index (χ4v) is 1.51. The van der Waals surface area contributed by atoms with Crippen LogP contribution < -0.4 is 0 Å². The molecule has 0 fully saturated rings. The van der Waals surface area contributed by atoms with Gasteiger partial charge in [-0.1, -0.05) is 30.3 Å². The van der Waals surface area contributed by atoms with Gasteiger partial charge in [0.25, 0.3) is 0 Å². The summed E-state index contributed by atoms with van der Waals surface area (Å²) >= 11 is 0. The van der Waals surface area contributed by atoms with Crippen molar-refractivity contribution in [2.75, 3.05) is 0 Å². The maximum absolute atomic E-state index is 2.20. The van der Waals surface area contributed by atoms with Crippen LogP contribution >= 0.6 is 0 Å². The van der Waals surface area contributed by atoms with Gasteiger partial charge in [-0.3, -0.25) is 0 Å². The molecule has 66 valence electrons. The van der Waals surface area contributed by atoms with E-state index in [2.05, 4.69) is 60.3 Å². The smallest absolute Gasteiger partial charge is 0.0551 e. The van der Waals surface area contributed by atoms with Gasteiger partial charge in [-0.15, -0.1) is 0 Å². The van der Waals surface area contributed by atoms with E-state index in [0.717, 1.165) is 0 Å². The van der Waals surface area contributed by atoms with E-state index in [1.807, 2.05) is 6.07 Å². The van der Waals surface area contributed by atoms with Crippen molar-refractivity contribution in [2.45, 2.75) is 13.0 Å². The minimum Gasteiger partial charge on any atom is -0.347 e. The van der Waals surface area contributed by atoms with E-state index in [4.69, 9.17) is 0 Å². The summed E-state index contributed by atoms with van der Waals surface area (Å²) in [5.74, 6) is 0. The summed E-state index contributed by atoms with van der Waals surface area (Å²) in [5, 5.41) is 0. The Bertz CT molecular complexity index is 348. The van der Waals surface area contributed by atoms with Gasteiger partial charge in [0.15, 0.2) is 0 Å². The highest BCUT2D eigenvalue weighted by molar-refractivity contribution is 5.19. The van der Waals surface area contributed by atoms with Crippen LogP contribution in [0, 0.1) is 0 Å². The number of hydrogen-bond donors (Lipinski definition) is 0. The second-order valence-electron chi connectivity index (χ2n) is 3.22. The zero-order chi connectivity index (χ0) is 9.10. The second kappa shape index (κ2) is 3.48. The maximum atomic E-state index is 2.20. The Hall–Kier alpha value is -1.50. The first-order valence-electron chi connectivity index (χ1n) is 4.55. The van der Waals surface area contributed by atoms with Crippen molar-refractivity contribution in [1.29, 1.82) is 0 Å². The molecule has 0 saturated carbocycles. The summed E-state index contributed by atoms with van der Waals surface area (Å²) in [6.45, 7) is 2.20. The quantitative estimate of drug-likeness (QED) is 0.654. The summed E-state index contributed by atoms with van der Waals surface area (Å²) in [4.78, 5) is 0.